The molecule has 1 aromatic heterocycles. The highest BCUT2D eigenvalue weighted by molar-refractivity contribution is 7.80. The summed E-state index contributed by atoms with van der Waals surface area (Å²) >= 11 is 6.43. The molecule has 0 spiro atoms. The molecule has 0 aliphatic carbocycles. The zero-order chi connectivity index (χ0) is 9.68. The highest BCUT2D eigenvalue weighted by Crippen LogP contribution is 2.07. The average molecular weight is 213 g/mol. The highest BCUT2D eigenvalue weighted by Gasteiger charge is 1.93. The summed E-state index contributed by atoms with van der Waals surface area (Å²) in [4.78, 5) is 1.28. The molecule has 0 aliphatic rings. The van der Waals surface area contributed by atoms with Crippen LogP contribution in [0.4, 0.5) is 0 Å². The van der Waals surface area contributed by atoms with Crippen LogP contribution in [0, 0.1) is 0 Å². The molecule has 1 rings (SSSR count). The van der Waals surface area contributed by atoms with Gasteiger partial charge in [0.05, 0.1) is 0 Å². The fourth-order valence-electron chi connectivity index (χ4n) is 0.739. The number of thiophene rings is 1. The number of nitrogens with zero attached hydrogens (tertiary/aromatic N) is 2. The van der Waals surface area contributed by atoms with Gasteiger partial charge in [-0.2, -0.15) is 5.10 Å². The van der Waals surface area contributed by atoms with Crippen molar-refractivity contribution < 1.29 is 0 Å². The first-order valence-electron chi connectivity index (χ1n) is 3.78. The van der Waals surface area contributed by atoms with Crippen LogP contribution >= 0.6 is 23.6 Å². The lowest BCUT2D eigenvalue weighted by atomic mass is 10.4. The lowest BCUT2D eigenvalue weighted by Gasteiger charge is -2.07. The third-order valence-corrected chi connectivity index (χ3v) is 2.61. The summed E-state index contributed by atoms with van der Waals surface area (Å²) in [5.41, 5.74) is 5.34. The maximum Gasteiger partial charge on any atom is 0.186 e. The maximum atomic E-state index is 5.34. The molecular weight excluding hydrogens is 202 g/mol. The monoisotopic (exact) mass is 213 g/mol. The first-order valence-corrected chi connectivity index (χ1v) is 5.07. The van der Waals surface area contributed by atoms with Crippen molar-refractivity contribution in [1.82, 2.24) is 5.01 Å². The van der Waals surface area contributed by atoms with E-state index in [1.807, 2.05) is 11.4 Å². The molecule has 0 aliphatic heterocycles. The normalized spacial score (nSPS) is 10.5. The Bertz CT molecular complexity index is 292. The molecule has 0 atom stereocenters. The number of rotatable bonds is 3. The summed E-state index contributed by atoms with van der Waals surface area (Å²) in [5, 5.41) is 7.84. The van der Waals surface area contributed by atoms with E-state index in [9.17, 15) is 0 Å². The van der Waals surface area contributed by atoms with Gasteiger partial charge in [-0.05, 0) is 23.7 Å². The lowest BCUT2D eigenvalue weighted by molar-refractivity contribution is 0.550. The Morgan fingerprint density at radius 1 is 1.85 bits per heavy atom. The van der Waals surface area contributed by atoms with E-state index in [1.54, 1.807) is 24.6 Å². The molecule has 70 valence electrons. The molecule has 0 saturated heterocycles. The minimum absolute atomic E-state index is 0.280. The Morgan fingerprint density at radius 2 is 2.62 bits per heavy atom. The Morgan fingerprint density at radius 3 is 3.15 bits per heavy atom. The van der Waals surface area contributed by atoms with Gasteiger partial charge in [-0.15, -0.1) is 11.3 Å². The van der Waals surface area contributed by atoms with Crippen molar-refractivity contribution in [2.24, 2.45) is 10.8 Å². The van der Waals surface area contributed by atoms with E-state index in [2.05, 4.69) is 11.2 Å². The Hall–Kier alpha value is -0.940. The standard InChI is InChI=1S/C8H11N3S2/c1-11(8(9)12)10-5-4-7-3-2-6-13-7/h2-3,5-6H,4H2,1H3,(H2,9,12). The third kappa shape index (κ3) is 3.52. The molecule has 2 N–H and O–H groups in total. The lowest BCUT2D eigenvalue weighted by Crippen LogP contribution is -2.27. The second-order valence-electron chi connectivity index (χ2n) is 2.44. The van der Waals surface area contributed by atoms with E-state index < -0.39 is 0 Å². The van der Waals surface area contributed by atoms with Crippen molar-refractivity contribution in [2.45, 2.75) is 6.42 Å². The van der Waals surface area contributed by atoms with Crippen LogP contribution in [0.3, 0.4) is 0 Å². The maximum absolute atomic E-state index is 5.34. The molecule has 0 unspecified atom stereocenters. The van der Waals surface area contributed by atoms with Crippen LogP contribution in [0.5, 0.6) is 0 Å². The molecule has 1 aromatic rings. The van der Waals surface area contributed by atoms with Gasteiger partial charge in [0.25, 0.3) is 0 Å². The van der Waals surface area contributed by atoms with Gasteiger partial charge in [0.15, 0.2) is 5.11 Å². The van der Waals surface area contributed by atoms with Gasteiger partial charge in [-0.3, -0.25) is 0 Å². The van der Waals surface area contributed by atoms with Crippen molar-refractivity contribution in [3.63, 3.8) is 0 Å². The topological polar surface area (TPSA) is 41.6 Å². The van der Waals surface area contributed by atoms with Crippen molar-refractivity contribution in [1.29, 1.82) is 0 Å². The fourth-order valence-corrected chi connectivity index (χ4v) is 1.45. The summed E-state index contributed by atoms with van der Waals surface area (Å²) < 4.78 is 0. The largest absolute Gasteiger partial charge is 0.375 e. The summed E-state index contributed by atoms with van der Waals surface area (Å²) in [6.07, 6.45) is 2.62. The van der Waals surface area contributed by atoms with Gasteiger partial charge >= 0.3 is 0 Å². The molecule has 0 aromatic carbocycles. The molecule has 0 saturated carbocycles. The molecule has 5 heteroatoms. The van der Waals surface area contributed by atoms with E-state index in [0.29, 0.717) is 0 Å². The van der Waals surface area contributed by atoms with Gasteiger partial charge < -0.3 is 5.73 Å². The Labute approximate surface area is 86.9 Å². The van der Waals surface area contributed by atoms with Gasteiger partial charge in [0, 0.05) is 24.6 Å². The van der Waals surface area contributed by atoms with Crippen molar-refractivity contribution in [3.05, 3.63) is 22.4 Å². The van der Waals surface area contributed by atoms with E-state index in [4.69, 9.17) is 18.0 Å². The zero-order valence-corrected chi connectivity index (χ0v) is 8.94. The zero-order valence-electron chi connectivity index (χ0n) is 7.30. The number of hydrazone groups is 1. The average Bonchev–Trinajstić information content (AvgIpc) is 2.56. The quantitative estimate of drug-likeness (QED) is 0.469. The van der Waals surface area contributed by atoms with Crippen molar-refractivity contribution >= 4 is 34.9 Å². The summed E-state index contributed by atoms with van der Waals surface area (Å²) in [5.74, 6) is 0. The van der Waals surface area contributed by atoms with Gasteiger partial charge in [-0.25, -0.2) is 5.01 Å². The first kappa shape index (κ1) is 10.1. The minimum Gasteiger partial charge on any atom is -0.375 e. The van der Waals surface area contributed by atoms with Crippen LogP contribution < -0.4 is 5.73 Å². The summed E-state index contributed by atoms with van der Waals surface area (Å²) in [6, 6.07) is 4.09. The van der Waals surface area contributed by atoms with E-state index in [0.717, 1.165) is 6.42 Å². The molecule has 0 fully saturated rings. The van der Waals surface area contributed by atoms with Crippen LogP contribution in [-0.2, 0) is 6.42 Å². The minimum atomic E-state index is 0.280. The smallest absolute Gasteiger partial charge is 0.186 e. The molecule has 0 bridgehead atoms. The number of nitrogens with two attached hydrogens (primary N) is 1. The van der Waals surface area contributed by atoms with Crippen LogP contribution in [0.25, 0.3) is 0 Å². The second kappa shape index (κ2) is 4.94. The number of hydrogen-bond donors (Lipinski definition) is 1. The second-order valence-corrected chi connectivity index (χ2v) is 3.89. The van der Waals surface area contributed by atoms with E-state index >= 15 is 0 Å². The van der Waals surface area contributed by atoms with Crippen molar-refractivity contribution in [2.75, 3.05) is 7.05 Å². The Kier molecular flexibility index (Phi) is 3.85. The predicted molar refractivity (Wildman–Crippen MR) is 61.1 cm³/mol. The molecular formula is C8H11N3S2. The predicted octanol–water partition coefficient (Wildman–Crippen LogP) is 1.45. The van der Waals surface area contributed by atoms with Crippen molar-refractivity contribution in [3.8, 4) is 0 Å². The molecule has 13 heavy (non-hydrogen) atoms. The number of thiocarbonyl (C=S) groups is 1. The molecule has 0 amide bonds. The van der Waals surface area contributed by atoms with E-state index in [1.165, 1.54) is 9.89 Å². The molecule has 0 radical (unpaired) electrons. The Balaban J connectivity index is 2.38. The first-order chi connectivity index (χ1) is 6.20. The highest BCUT2D eigenvalue weighted by atomic mass is 32.1. The SMILES string of the molecule is CN(N=CCc1cccs1)C(N)=S. The van der Waals surface area contributed by atoms with Crippen LogP contribution in [-0.4, -0.2) is 23.4 Å². The van der Waals surface area contributed by atoms with Gasteiger partial charge in [-0.1, -0.05) is 6.07 Å². The fraction of sp³-hybridized carbons (Fsp3) is 0.250. The van der Waals surface area contributed by atoms with Gasteiger partial charge in [0.1, 0.15) is 0 Å². The summed E-state index contributed by atoms with van der Waals surface area (Å²) in [6.45, 7) is 0. The van der Waals surface area contributed by atoms with Gasteiger partial charge in [0.2, 0.25) is 0 Å². The van der Waals surface area contributed by atoms with Crippen LogP contribution in [0.15, 0.2) is 22.6 Å². The summed E-state index contributed by atoms with van der Waals surface area (Å²) in [7, 11) is 1.73. The molecule has 3 nitrogen and oxygen atoms in total. The molecule has 1 heterocycles. The number of hydrogen-bond acceptors (Lipinski definition) is 3. The van der Waals surface area contributed by atoms with Crippen LogP contribution in [0.1, 0.15) is 4.88 Å². The third-order valence-electron chi connectivity index (χ3n) is 1.45. The van der Waals surface area contributed by atoms with E-state index in [-0.39, 0.29) is 5.11 Å². The van der Waals surface area contributed by atoms with Crippen LogP contribution in [0.2, 0.25) is 0 Å².